The van der Waals surface area contributed by atoms with Gasteiger partial charge in [0.1, 0.15) is 6.54 Å². The van der Waals surface area contributed by atoms with Gasteiger partial charge in [-0.25, -0.2) is 0 Å². The Morgan fingerprint density at radius 2 is 1.96 bits per heavy atom. The monoisotopic (exact) mass is 309 g/mol. The van der Waals surface area contributed by atoms with Crippen LogP contribution in [0.25, 0.3) is 16.5 Å². The summed E-state index contributed by atoms with van der Waals surface area (Å²) in [6.45, 7) is 3.82. The molecule has 4 N–H and O–H groups in total. The number of anilines is 1. The van der Waals surface area contributed by atoms with E-state index in [1.54, 1.807) is 0 Å². The van der Waals surface area contributed by atoms with Crippen molar-refractivity contribution in [1.82, 2.24) is 31.1 Å². The van der Waals surface area contributed by atoms with Crippen molar-refractivity contribution in [2.75, 3.05) is 5.73 Å². The Morgan fingerprint density at radius 3 is 2.70 bits per heavy atom. The van der Waals surface area contributed by atoms with Gasteiger partial charge in [0.2, 0.25) is 0 Å². The normalized spacial score (nSPS) is 10.4. The van der Waals surface area contributed by atoms with E-state index < -0.39 is 0 Å². The molecular weight excluding hydrogens is 294 g/mol. The van der Waals surface area contributed by atoms with Crippen LogP contribution in [0.5, 0.6) is 0 Å². The standard InChI is InChI=1S/C15H15N7O/c1-10(12-7-6-11-4-2-3-5-13(11)8-12)17-18-14(23)9-22-20-15(16)19-21-22/h2-8,17H,1,9H2,(H2,16,20)(H,18,23). The lowest BCUT2D eigenvalue weighted by atomic mass is 10.1. The van der Waals surface area contributed by atoms with Gasteiger partial charge in [-0.15, -0.1) is 5.10 Å². The number of hydrogen-bond acceptors (Lipinski definition) is 6. The summed E-state index contributed by atoms with van der Waals surface area (Å²) >= 11 is 0. The summed E-state index contributed by atoms with van der Waals surface area (Å²) in [6, 6.07) is 13.9. The van der Waals surface area contributed by atoms with Crippen LogP contribution in [-0.4, -0.2) is 26.1 Å². The van der Waals surface area contributed by atoms with Crippen LogP contribution < -0.4 is 16.6 Å². The lowest BCUT2D eigenvalue weighted by molar-refractivity contribution is -0.122. The van der Waals surface area contributed by atoms with Crippen LogP contribution in [-0.2, 0) is 11.3 Å². The van der Waals surface area contributed by atoms with E-state index in [1.165, 1.54) is 0 Å². The van der Waals surface area contributed by atoms with Gasteiger partial charge in [0.25, 0.3) is 11.9 Å². The predicted molar refractivity (Wildman–Crippen MR) is 86.5 cm³/mol. The van der Waals surface area contributed by atoms with Gasteiger partial charge < -0.3 is 5.73 Å². The molecule has 0 saturated carbocycles. The smallest absolute Gasteiger partial charge is 0.261 e. The summed E-state index contributed by atoms with van der Waals surface area (Å²) in [4.78, 5) is 12.9. The van der Waals surface area contributed by atoms with Crippen LogP contribution >= 0.6 is 0 Å². The van der Waals surface area contributed by atoms with E-state index in [-0.39, 0.29) is 18.4 Å². The number of fused-ring (bicyclic) bond motifs is 1. The fourth-order valence-electron chi connectivity index (χ4n) is 2.09. The Balaban J connectivity index is 1.60. The number of nitrogens with zero attached hydrogens (tertiary/aromatic N) is 4. The molecule has 0 saturated heterocycles. The first kappa shape index (κ1) is 14.5. The Morgan fingerprint density at radius 1 is 1.17 bits per heavy atom. The van der Waals surface area contributed by atoms with Gasteiger partial charge >= 0.3 is 0 Å². The predicted octanol–water partition coefficient (Wildman–Crippen LogP) is 0.700. The first-order valence-corrected chi connectivity index (χ1v) is 6.88. The number of rotatable bonds is 5. The van der Waals surface area contributed by atoms with Crippen molar-refractivity contribution >= 4 is 28.3 Å². The number of carbonyl (C=O) groups excluding carboxylic acids is 1. The van der Waals surface area contributed by atoms with E-state index in [0.717, 1.165) is 21.1 Å². The summed E-state index contributed by atoms with van der Waals surface area (Å²) in [5.41, 5.74) is 12.1. The van der Waals surface area contributed by atoms with Crippen LogP contribution in [0.2, 0.25) is 0 Å². The summed E-state index contributed by atoms with van der Waals surface area (Å²) in [7, 11) is 0. The molecule has 0 fully saturated rings. The molecule has 8 heteroatoms. The molecule has 3 rings (SSSR count). The van der Waals surface area contributed by atoms with Crippen molar-refractivity contribution in [3.63, 3.8) is 0 Å². The summed E-state index contributed by atoms with van der Waals surface area (Å²) in [6.07, 6.45) is 0. The molecule has 0 aliphatic heterocycles. The molecule has 0 aliphatic carbocycles. The highest BCUT2D eigenvalue weighted by molar-refractivity contribution is 5.86. The molecule has 0 bridgehead atoms. The van der Waals surface area contributed by atoms with Crippen molar-refractivity contribution in [3.05, 3.63) is 54.6 Å². The van der Waals surface area contributed by atoms with Crippen molar-refractivity contribution in [1.29, 1.82) is 0 Å². The van der Waals surface area contributed by atoms with Crippen molar-refractivity contribution in [3.8, 4) is 0 Å². The molecule has 23 heavy (non-hydrogen) atoms. The highest BCUT2D eigenvalue weighted by atomic mass is 16.2. The average Bonchev–Trinajstić information content (AvgIpc) is 2.97. The molecule has 0 aliphatic rings. The summed E-state index contributed by atoms with van der Waals surface area (Å²) < 4.78 is 0. The number of tetrazole rings is 1. The van der Waals surface area contributed by atoms with Crippen LogP contribution in [0.4, 0.5) is 5.95 Å². The van der Waals surface area contributed by atoms with E-state index in [2.05, 4.69) is 32.8 Å². The number of benzene rings is 2. The third kappa shape index (κ3) is 3.43. The van der Waals surface area contributed by atoms with Crippen LogP contribution in [0.15, 0.2) is 49.0 Å². The average molecular weight is 309 g/mol. The van der Waals surface area contributed by atoms with Gasteiger partial charge in [-0.3, -0.25) is 15.6 Å². The maximum absolute atomic E-state index is 11.8. The summed E-state index contributed by atoms with van der Waals surface area (Å²) in [5.74, 6) is -0.323. The molecule has 1 heterocycles. The molecule has 1 aromatic heterocycles. The third-order valence-corrected chi connectivity index (χ3v) is 3.20. The molecule has 0 atom stereocenters. The topological polar surface area (TPSA) is 111 Å². The zero-order chi connectivity index (χ0) is 16.2. The van der Waals surface area contributed by atoms with E-state index in [9.17, 15) is 4.79 Å². The molecule has 0 unspecified atom stereocenters. The number of aromatic nitrogens is 4. The fourth-order valence-corrected chi connectivity index (χ4v) is 2.09. The number of nitrogens with two attached hydrogens (primary N) is 1. The molecule has 0 spiro atoms. The minimum atomic E-state index is -0.343. The molecule has 1 amide bonds. The maximum atomic E-state index is 11.8. The van der Waals surface area contributed by atoms with Crippen LogP contribution in [0, 0.1) is 0 Å². The lowest BCUT2D eigenvalue weighted by Gasteiger charge is -2.11. The first-order chi connectivity index (χ1) is 11.1. The second kappa shape index (κ2) is 6.14. The third-order valence-electron chi connectivity index (χ3n) is 3.20. The van der Waals surface area contributed by atoms with Crippen molar-refractivity contribution in [2.24, 2.45) is 0 Å². The second-order valence-corrected chi connectivity index (χ2v) is 4.89. The maximum Gasteiger partial charge on any atom is 0.261 e. The van der Waals surface area contributed by atoms with Gasteiger partial charge in [-0.2, -0.15) is 4.80 Å². The number of carbonyl (C=O) groups is 1. The Bertz CT molecular complexity index is 871. The Hall–Kier alpha value is -3.42. The molecule has 0 radical (unpaired) electrons. The van der Waals surface area contributed by atoms with Crippen molar-refractivity contribution in [2.45, 2.75) is 6.54 Å². The second-order valence-electron chi connectivity index (χ2n) is 4.89. The number of amides is 1. The van der Waals surface area contributed by atoms with E-state index in [1.807, 2.05) is 42.5 Å². The molecule has 2 aromatic carbocycles. The number of hydrazine groups is 1. The number of hydrogen-bond donors (Lipinski definition) is 3. The van der Waals surface area contributed by atoms with Gasteiger partial charge in [0, 0.05) is 0 Å². The van der Waals surface area contributed by atoms with Crippen molar-refractivity contribution < 1.29 is 4.79 Å². The minimum Gasteiger partial charge on any atom is -0.365 e. The van der Waals surface area contributed by atoms with E-state index >= 15 is 0 Å². The first-order valence-electron chi connectivity index (χ1n) is 6.88. The molecule has 116 valence electrons. The van der Waals surface area contributed by atoms with E-state index in [0.29, 0.717) is 5.70 Å². The fraction of sp³-hybridized carbons (Fsp3) is 0.0667. The number of nitrogens with one attached hydrogen (secondary N) is 2. The zero-order valence-corrected chi connectivity index (χ0v) is 12.2. The quantitative estimate of drug-likeness (QED) is 0.598. The Labute approximate surface area is 131 Å². The lowest BCUT2D eigenvalue weighted by Crippen LogP contribution is -2.38. The highest BCUT2D eigenvalue weighted by Crippen LogP contribution is 2.18. The molecule has 3 aromatic rings. The zero-order valence-electron chi connectivity index (χ0n) is 12.2. The summed E-state index contributed by atoms with van der Waals surface area (Å²) in [5, 5.41) is 13.1. The molecular formula is C15H15N7O. The Kier molecular flexibility index (Phi) is 3.88. The minimum absolute atomic E-state index is 0.0198. The largest absolute Gasteiger partial charge is 0.365 e. The van der Waals surface area contributed by atoms with Gasteiger partial charge in [0.15, 0.2) is 0 Å². The molecule has 8 nitrogen and oxygen atoms in total. The SMILES string of the molecule is C=C(NNC(=O)Cn1nnc(N)n1)c1ccc2ccccc2c1. The van der Waals surface area contributed by atoms with Gasteiger partial charge in [0.05, 0.1) is 5.70 Å². The highest BCUT2D eigenvalue weighted by Gasteiger charge is 2.07. The van der Waals surface area contributed by atoms with Gasteiger partial charge in [-0.1, -0.05) is 48.1 Å². The van der Waals surface area contributed by atoms with Crippen LogP contribution in [0.1, 0.15) is 5.56 Å². The van der Waals surface area contributed by atoms with Gasteiger partial charge in [-0.05, 0) is 27.6 Å². The van der Waals surface area contributed by atoms with Crippen LogP contribution in [0.3, 0.4) is 0 Å². The van der Waals surface area contributed by atoms with E-state index in [4.69, 9.17) is 5.73 Å². The number of nitrogen functional groups attached to an aromatic ring is 1.